The van der Waals surface area contributed by atoms with Crippen molar-refractivity contribution < 1.29 is 0 Å². The highest BCUT2D eigenvalue weighted by atomic mass is 15.2. The van der Waals surface area contributed by atoms with Gasteiger partial charge in [-0.15, -0.1) is 0 Å². The first-order chi connectivity index (χ1) is 8.30. The van der Waals surface area contributed by atoms with Gasteiger partial charge in [0.05, 0.1) is 0 Å². The maximum absolute atomic E-state index is 5.84. The zero-order valence-electron chi connectivity index (χ0n) is 11.4. The molecule has 0 amide bonds. The molecule has 2 heteroatoms. The molecule has 2 nitrogen and oxygen atoms in total. The second kappa shape index (κ2) is 4.55. The van der Waals surface area contributed by atoms with Crippen molar-refractivity contribution in [3.05, 3.63) is 0 Å². The van der Waals surface area contributed by atoms with Gasteiger partial charge in [-0.2, -0.15) is 0 Å². The number of hydrogen-bond acceptors (Lipinski definition) is 2. The Balaban J connectivity index is 1.60. The molecule has 0 aromatic carbocycles. The Morgan fingerprint density at radius 1 is 1.12 bits per heavy atom. The van der Waals surface area contributed by atoms with E-state index in [-0.39, 0.29) is 0 Å². The number of nitrogens with one attached hydrogen (secondary N) is 1. The first-order valence-corrected chi connectivity index (χ1v) is 7.76. The van der Waals surface area contributed by atoms with Crippen LogP contribution in [0.1, 0.15) is 52.4 Å². The molecule has 0 aromatic rings. The molecule has 0 radical (unpaired) electrons. The predicted molar refractivity (Wildman–Crippen MR) is 71.1 cm³/mol. The molecule has 17 heavy (non-hydrogen) atoms. The first kappa shape index (κ1) is 12.0. The summed E-state index contributed by atoms with van der Waals surface area (Å²) in [5, 5.41) is 0. The number of hydrazine groups is 1. The summed E-state index contributed by atoms with van der Waals surface area (Å²) in [6, 6.07) is 0.610. The second-order valence-corrected chi connectivity index (χ2v) is 6.76. The molecular weight excluding hydrogens is 208 g/mol. The third kappa shape index (κ3) is 1.84. The van der Waals surface area contributed by atoms with Crippen molar-refractivity contribution in [2.75, 3.05) is 0 Å². The lowest BCUT2D eigenvalue weighted by Gasteiger charge is -2.23. The van der Waals surface area contributed by atoms with Crippen molar-refractivity contribution in [1.82, 2.24) is 5.43 Å². The van der Waals surface area contributed by atoms with Crippen molar-refractivity contribution in [3.8, 4) is 0 Å². The van der Waals surface area contributed by atoms with Crippen LogP contribution in [0, 0.1) is 35.5 Å². The fourth-order valence-corrected chi connectivity index (χ4v) is 5.25. The minimum atomic E-state index is 0.610. The highest BCUT2D eigenvalue weighted by molar-refractivity contribution is 5.15. The van der Waals surface area contributed by atoms with Crippen LogP contribution in [0.25, 0.3) is 0 Å². The van der Waals surface area contributed by atoms with E-state index in [1.807, 2.05) is 0 Å². The first-order valence-electron chi connectivity index (χ1n) is 7.76. The molecule has 3 fully saturated rings. The normalized spacial score (nSPS) is 44.1. The van der Waals surface area contributed by atoms with Gasteiger partial charge in [-0.1, -0.05) is 26.7 Å². The summed E-state index contributed by atoms with van der Waals surface area (Å²) in [4.78, 5) is 0. The molecule has 5 atom stereocenters. The van der Waals surface area contributed by atoms with E-state index in [1.54, 1.807) is 6.42 Å². The van der Waals surface area contributed by atoms with Crippen LogP contribution in [-0.4, -0.2) is 6.04 Å². The van der Waals surface area contributed by atoms with Crippen LogP contribution < -0.4 is 11.3 Å². The summed E-state index contributed by atoms with van der Waals surface area (Å²) in [5.41, 5.74) is 3.16. The predicted octanol–water partition coefficient (Wildman–Crippen LogP) is 2.94. The number of nitrogens with two attached hydrogens (primary N) is 1. The summed E-state index contributed by atoms with van der Waals surface area (Å²) in [7, 11) is 0. The molecule has 0 heterocycles. The Hall–Kier alpha value is -0.0800. The van der Waals surface area contributed by atoms with Gasteiger partial charge in [0.25, 0.3) is 0 Å². The molecule has 3 aliphatic rings. The standard InChI is InChI=1S/C15H28N2/c1-3-9(4-2)7-12(17-16)15-13-10-5-6-11(8-10)14(13)15/h9-15,17H,3-8,16H2,1-2H3. The topological polar surface area (TPSA) is 38.0 Å². The summed E-state index contributed by atoms with van der Waals surface area (Å²) in [6.45, 7) is 4.64. The fourth-order valence-electron chi connectivity index (χ4n) is 5.25. The fraction of sp³-hybridized carbons (Fsp3) is 1.00. The van der Waals surface area contributed by atoms with E-state index in [2.05, 4.69) is 19.3 Å². The van der Waals surface area contributed by atoms with Gasteiger partial charge in [0.1, 0.15) is 0 Å². The second-order valence-electron chi connectivity index (χ2n) is 6.76. The van der Waals surface area contributed by atoms with Gasteiger partial charge in [-0.3, -0.25) is 11.3 Å². The Kier molecular flexibility index (Phi) is 3.20. The van der Waals surface area contributed by atoms with Crippen LogP contribution >= 0.6 is 0 Å². The van der Waals surface area contributed by atoms with Gasteiger partial charge in [-0.25, -0.2) is 0 Å². The minimum absolute atomic E-state index is 0.610. The lowest BCUT2D eigenvalue weighted by Crippen LogP contribution is -2.39. The van der Waals surface area contributed by atoms with Gasteiger partial charge in [-0.05, 0) is 61.2 Å². The highest BCUT2D eigenvalue weighted by Crippen LogP contribution is 2.70. The third-order valence-electron chi connectivity index (χ3n) is 6.22. The summed E-state index contributed by atoms with van der Waals surface area (Å²) in [5.74, 6) is 11.9. The molecule has 5 unspecified atom stereocenters. The van der Waals surface area contributed by atoms with Gasteiger partial charge < -0.3 is 0 Å². The van der Waals surface area contributed by atoms with E-state index in [4.69, 9.17) is 5.84 Å². The Morgan fingerprint density at radius 2 is 1.71 bits per heavy atom. The molecule has 2 bridgehead atoms. The van der Waals surface area contributed by atoms with E-state index in [9.17, 15) is 0 Å². The van der Waals surface area contributed by atoms with E-state index >= 15 is 0 Å². The molecule has 0 spiro atoms. The maximum atomic E-state index is 5.84. The number of fused-ring (bicyclic) bond motifs is 5. The summed E-state index contributed by atoms with van der Waals surface area (Å²) < 4.78 is 0. The summed E-state index contributed by atoms with van der Waals surface area (Å²) in [6.07, 6.45) is 8.51. The highest BCUT2D eigenvalue weighted by Gasteiger charge is 2.66. The van der Waals surface area contributed by atoms with E-state index < -0.39 is 0 Å². The molecule has 3 rings (SSSR count). The van der Waals surface area contributed by atoms with Crippen molar-refractivity contribution in [2.45, 2.75) is 58.4 Å². The monoisotopic (exact) mass is 236 g/mol. The SMILES string of the molecule is CCC(CC)CC(NN)C1C2C3CCC(C3)C21. The van der Waals surface area contributed by atoms with Crippen molar-refractivity contribution >= 4 is 0 Å². The van der Waals surface area contributed by atoms with E-state index in [0.29, 0.717) is 6.04 Å². The lowest BCUT2D eigenvalue weighted by molar-refractivity contribution is 0.299. The van der Waals surface area contributed by atoms with Crippen LogP contribution in [0.15, 0.2) is 0 Å². The molecule has 3 saturated carbocycles. The average Bonchev–Trinajstić information content (AvgIpc) is 2.80. The van der Waals surface area contributed by atoms with Gasteiger partial charge in [0.15, 0.2) is 0 Å². The van der Waals surface area contributed by atoms with Crippen LogP contribution in [0.5, 0.6) is 0 Å². The zero-order chi connectivity index (χ0) is 12.0. The Morgan fingerprint density at radius 3 is 2.18 bits per heavy atom. The van der Waals surface area contributed by atoms with Crippen LogP contribution in [0.2, 0.25) is 0 Å². The molecule has 3 N–H and O–H groups in total. The Labute approximate surface area is 106 Å². The smallest absolute Gasteiger partial charge is 0.0247 e. The quantitative estimate of drug-likeness (QED) is 0.550. The van der Waals surface area contributed by atoms with E-state index in [1.165, 1.54) is 32.1 Å². The molecule has 3 aliphatic carbocycles. The number of rotatable bonds is 6. The van der Waals surface area contributed by atoms with E-state index in [0.717, 1.165) is 35.5 Å². The van der Waals surface area contributed by atoms with Crippen LogP contribution in [0.3, 0.4) is 0 Å². The maximum Gasteiger partial charge on any atom is 0.0247 e. The molecule has 0 saturated heterocycles. The third-order valence-corrected chi connectivity index (χ3v) is 6.22. The van der Waals surface area contributed by atoms with Gasteiger partial charge in [0.2, 0.25) is 0 Å². The van der Waals surface area contributed by atoms with Crippen molar-refractivity contribution in [3.63, 3.8) is 0 Å². The minimum Gasteiger partial charge on any atom is -0.271 e. The van der Waals surface area contributed by atoms with Crippen molar-refractivity contribution in [2.24, 2.45) is 41.4 Å². The van der Waals surface area contributed by atoms with Crippen LogP contribution in [-0.2, 0) is 0 Å². The van der Waals surface area contributed by atoms with Gasteiger partial charge >= 0.3 is 0 Å². The van der Waals surface area contributed by atoms with Crippen LogP contribution in [0.4, 0.5) is 0 Å². The summed E-state index contributed by atoms with van der Waals surface area (Å²) >= 11 is 0. The zero-order valence-corrected chi connectivity index (χ0v) is 11.4. The molecule has 0 aliphatic heterocycles. The number of hydrogen-bond donors (Lipinski definition) is 2. The lowest BCUT2D eigenvalue weighted by atomic mass is 9.89. The Bertz CT molecular complexity index is 258. The average molecular weight is 236 g/mol. The molecule has 98 valence electrons. The largest absolute Gasteiger partial charge is 0.271 e. The molecular formula is C15H28N2. The molecule has 0 aromatic heterocycles. The van der Waals surface area contributed by atoms with Crippen molar-refractivity contribution in [1.29, 1.82) is 0 Å². The van der Waals surface area contributed by atoms with Gasteiger partial charge in [0, 0.05) is 6.04 Å².